The van der Waals surface area contributed by atoms with Gasteiger partial charge in [-0.05, 0) is 36.9 Å². The molecule has 0 bridgehead atoms. The number of hydrogen-bond donors (Lipinski definition) is 2. The first-order valence-corrected chi connectivity index (χ1v) is 9.99. The fourth-order valence-electron chi connectivity index (χ4n) is 3.36. The molecule has 0 spiro atoms. The number of aromatic hydroxyl groups is 1. The first kappa shape index (κ1) is 18.1. The van der Waals surface area contributed by atoms with E-state index < -0.39 is 10.0 Å². The standard InChI is InChI=1S/C20H21NO4S/c1-12-11-17(21-26(4,23)24)18(13(2)20(12)25-3)16-10-9-14-7-5-6-8-15(14)19(16)22/h5-11,21-22H,1-4H3. The predicted octanol–water partition coefficient (Wildman–Crippen LogP) is 4.21. The van der Waals surface area contributed by atoms with Gasteiger partial charge in [0.05, 0.1) is 19.1 Å². The Kier molecular flexibility index (Phi) is 4.54. The van der Waals surface area contributed by atoms with Crippen molar-refractivity contribution in [2.75, 3.05) is 18.1 Å². The van der Waals surface area contributed by atoms with Crippen LogP contribution in [0.25, 0.3) is 21.9 Å². The highest BCUT2D eigenvalue weighted by Gasteiger charge is 2.20. The molecule has 5 nitrogen and oxygen atoms in total. The van der Waals surface area contributed by atoms with Gasteiger partial charge in [0.1, 0.15) is 11.5 Å². The molecule has 0 radical (unpaired) electrons. The van der Waals surface area contributed by atoms with E-state index in [4.69, 9.17) is 4.74 Å². The van der Waals surface area contributed by atoms with Crippen LogP contribution in [0.1, 0.15) is 11.1 Å². The first-order chi connectivity index (χ1) is 12.2. The van der Waals surface area contributed by atoms with Gasteiger partial charge in [0.25, 0.3) is 0 Å². The number of fused-ring (bicyclic) bond motifs is 1. The topological polar surface area (TPSA) is 75.6 Å². The molecule has 0 atom stereocenters. The number of methoxy groups -OCH3 is 1. The zero-order chi connectivity index (χ0) is 19.1. The van der Waals surface area contributed by atoms with Crippen LogP contribution in [0.4, 0.5) is 5.69 Å². The summed E-state index contributed by atoms with van der Waals surface area (Å²) in [6.07, 6.45) is 1.10. The van der Waals surface area contributed by atoms with E-state index in [1.165, 1.54) is 0 Å². The van der Waals surface area contributed by atoms with Crippen LogP contribution in [0, 0.1) is 13.8 Å². The molecule has 3 aromatic carbocycles. The number of hydrogen-bond acceptors (Lipinski definition) is 4. The molecule has 0 saturated carbocycles. The summed E-state index contributed by atoms with van der Waals surface area (Å²) in [4.78, 5) is 0. The van der Waals surface area contributed by atoms with Gasteiger partial charge < -0.3 is 9.84 Å². The predicted molar refractivity (Wildman–Crippen MR) is 106 cm³/mol. The number of sulfonamides is 1. The van der Waals surface area contributed by atoms with Crippen molar-refractivity contribution in [1.29, 1.82) is 0 Å². The fraction of sp³-hybridized carbons (Fsp3) is 0.200. The molecule has 0 unspecified atom stereocenters. The van der Waals surface area contributed by atoms with Crippen molar-refractivity contribution in [2.24, 2.45) is 0 Å². The zero-order valence-electron chi connectivity index (χ0n) is 15.1. The van der Waals surface area contributed by atoms with Crippen LogP contribution < -0.4 is 9.46 Å². The zero-order valence-corrected chi connectivity index (χ0v) is 15.9. The van der Waals surface area contributed by atoms with Gasteiger partial charge in [0, 0.05) is 22.1 Å². The Morgan fingerprint density at radius 2 is 1.77 bits per heavy atom. The van der Waals surface area contributed by atoms with E-state index in [0.29, 0.717) is 28.0 Å². The highest BCUT2D eigenvalue weighted by atomic mass is 32.2. The van der Waals surface area contributed by atoms with Gasteiger partial charge in [-0.2, -0.15) is 0 Å². The fourth-order valence-corrected chi connectivity index (χ4v) is 3.92. The molecule has 3 aromatic rings. The van der Waals surface area contributed by atoms with Crippen molar-refractivity contribution in [3.05, 3.63) is 53.6 Å². The van der Waals surface area contributed by atoms with Crippen molar-refractivity contribution >= 4 is 26.5 Å². The largest absolute Gasteiger partial charge is 0.507 e. The molecule has 0 amide bonds. The van der Waals surface area contributed by atoms with E-state index in [2.05, 4.69) is 4.72 Å². The van der Waals surface area contributed by atoms with Crippen LogP contribution in [0.5, 0.6) is 11.5 Å². The number of anilines is 1. The second-order valence-corrected chi connectivity index (χ2v) is 8.08. The number of ether oxygens (including phenoxy) is 1. The molecule has 3 rings (SSSR count). The highest BCUT2D eigenvalue weighted by molar-refractivity contribution is 7.92. The maximum atomic E-state index is 11.9. The van der Waals surface area contributed by atoms with E-state index in [-0.39, 0.29) is 5.75 Å². The first-order valence-electron chi connectivity index (χ1n) is 8.10. The summed E-state index contributed by atoms with van der Waals surface area (Å²) in [5.74, 6) is 0.764. The molecule has 136 valence electrons. The molecule has 0 aliphatic carbocycles. The number of benzene rings is 3. The lowest BCUT2D eigenvalue weighted by Gasteiger charge is -2.20. The van der Waals surface area contributed by atoms with Crippen LogP contribution in [0.2, 0.25) is 0 Å². The molecular weight excluding hydrogens is 350 g/mol. The van der Waals surface area contributed by atoms with Crippen molar-refractivity contribution < 1.29 is 18.3 Å². The number of aryl methyl sites for hydroxylation is 1. The normalized spacial score (nSPS) is 11.5. The molecule has 0 aliphatic heterocycles. The minimum absolute atomic E-state index is 0.105. The Labute approximate surface area is 153 Å². The van der Waals surface area contributed by atoms with Gasteiger partial charge in [0.15, 0.2) is 0 Å². The molecule has 6 heteroatoms. The van der Waals surface area contributed by atoms with Gasteiger partial charge in [-0.25, -0.2) is 8.42 Å². The summed E-state index contributed by atoms with van der Waals surface area (Å²) >= 11 is 0. The molecule has 26 heavy (non-hydrogen) atoms. The summed E-state index contributed by atoms with van der Waals surface area (Å²) in [7, 11) is -1.92. The third-order valence-electron chi connectivity index (χ3n) is 4.37. The van der Waals surface area contributed by atoms with Gasteiger partial charge in [-0.1, -0.05) is 30.3 Å². The lowest BCUT2D eigenvalue weighted by atomic mass is 9.93. The molecule has 0 aromatic heterocycles. The lowest BCUT2D eigenvalue weighted by Crippen LogP contribution is -2.11. The maximum Gasteiger partial charge on any atom is 0.229 e. The average molecular weight is 371 g/mol. The van der Waals surface area contributed by atoms with Gasteiger partial charge in [0.2, 0.25) is 10.0 Å². The van der Waals surface area contributed by atoms with E-state index in [1.54, 1.807) is 19.2 Å². The summed E-state index contributed by atoms with van der Waals surface area (Å²) in [5.41, 5.74) is 3.12. The number of nitrogens with one attached hydrogen (secondary N) is 1. The minimum Gasteiger partial charge on any atom is -0.507 e. The van der Waals surface area contributed by atoms with E-state index in [0.717, 1.165) is 22.8 Å². The third-order valence-corrected chi connectivity index (χ3v) is 4.96. The van der Waals surface area contributed by atoms with Crippen molar-refractivity contribution in [3.63, 3.8) is 0 Å². The quantitative estimate of drug-likeness (QED) is 0.720. The SMILES string of the molecule is COc1c(C)cc(NS(C)(=O)=O)c(-c2ccc3ccccc3c2O)c1C. The average Bonchev–Trinajstić information content (AvgIpc) is 2.55. The number of rotatable bonds is 4. The lowest BCUT2D eigenvalue weighted by molar-refractivity contribution is 0.409. The van der Waals surface area contributed by atoms with Crippen molar-refractivity contribution in [2.45, 2.75) is 13.8 Å². The Morgan fingerprint density at radius 3 is 2.42 bits per heavy atom. The molecule has 0 saturated heterocycles. The third kappa shape index (κ3) is 3.20. The van der Waals surface area contributed by atoms with Gasteiger partial charge >= 0.3 is 0 Å². The monoisotopic (exact) mass is 371 g/mol. The molecule has 0 heterocycles. The minimum atomic E-state index is -3.49. The van der Waals surface area contributed by atoms with Gasteiger partial charge in [-0.3, -0.25) is 4.72 Å². The Bertz CT molecular complexity index is 1100. The second kappa shape index (κ2) is 6.53. The Morgan fingerprint density at radius 1 is 1.08 bits per heavy atom. The molecular formula is C20H21NO4S. The van der Waals surface area contributed by atoms with Crippen molar-refractivity contribution in [3.8, 4) is 22.6 Å². The molecule has 0 aliphatic rings. The van der Waals surface area contributed by atoms with E-state index in [1.807, 2.05) is 44.2 Å². The molecule has 0 fully saturated rings. The van der Waals surface area contributed by atoms with Gasteiger partial charge in [-0.15, -0.1) is 0 Å². The van der Waals surface area contributed by atoms with Crippen LogP contribution >= 0.6 is 0 Å². The van der Waals surface area contributed by atoms with Crippen molar-refractivity contribution in [1.82, 2.24) is 0 Å². The Balaban J connectivity index is 2.38. The number of phenols is 1. The summed E-state index contributed by atoms with van der Waals surface area (Å²) in [6.45, 7) is 3.70. The van der Waals surface area contributed by atoms with Crippen LogP contribution in [-0.4, -0.2) is 26.9 Å². The highest BCUT2D eigenvalue weighted by Crippen LogP contribution is 2.44. The van der Waals surface area contributed by atoms with E-state index >= 15 is 0 Å². The summed E-state index contributed by atoms with van der Waals surface area (Å²) < 4.78 is 31.8. The summed E-state index contributed by atoms with van der Waals surface area (Å²) in [5, 5.41) is 12.5. The second-order valence-electron chi connectivity index (χ2n) is 6.33. The number of phenolic OH excluding ortho intramolecular Hbond substituents is 1. The van der Waals surface area contributed by atoms with Crippen LogP contribution in [0.15, 0.2) is 42.5 Å². The Hall–Kier alpha value is -2.73. The molecule has 2 N–H and O–H groups in total. The summed E-state index contributed by atoms with van der Waals surface area (Å²) in [6, 6.07) is 12.9. The van der Waals surface area contributed by atoms with E-state index in [9.17, 15) is 13.5 Å². The maximum absolute atomic E-state index is 11.9. The smallest absolute Gasteiger partial charge is 0.229 e. The van der Waals surface area contributed by atoms with Crippen LogP contribution in [0.3, 0.4) is 0 Å². The van der Waals surface area contributed by atoms with Crippen LogP contribution in [-0.2, 0) is 10.0 Å².